The molecule has 0 fully saturated rings. The van der Waals surface area contributed by atoms with Crippen LogP contribution in [0.15, 0.2) is 41.3 Å². The van der Waals surface area contributed by atoms with E-state index in [0.29, 0.717) is 11.3 Å². The number of ether oxygens (including phenoxy) is 1. The van der Waals surface area contributed by atoms with Crippen LogP contribution in [-0.2, 0) is 4.79 Å². The highest BCUT2D eigenvalue weighted by atomic mass is 32.2. The van der Waals surface area contributed by atoms with Crippen LogP contribution in [0.1, 0.15) is 13.8 Å². The first-order chi connectivity index (χ1) is 7.15. The lowest BCUT2D eigenvalue weighted by Crippen LogP contribution is -2.08. The molecule has 1 aromatic rings. The number of para-hydroxylation sites is 1. The quantitative estimate of drug-likeness (QED) is 0.338. The average molecular weight is 222 g/mol. The second-order valence-corrected chi connectivity index (χ2v) is 4.36. The van der Waals surface area contributed by atoms with Crippen LogP contribution in [0.4, 0.5) is 0 Å². The summed E-state index contributed by atoms with van der Waals surface area (Å²) in [5.41, 5.74) is 0.409. The number of carbonyl (C=O) groups excluding carboxylic acids is 1. The van der Waals surface area contributed by atoms with Crippen LogP contribution in [0.3, 0.4) is 0 Å². The lowest BCUT2D eigenvalue weighted by Gasteiger charge is -2.08. The highest BCUT2D eigenvalue weighted by molar-refractivity contribution is 7.99. The first-order valence-corrected chi connectivity index (χ1v) is 5.73. The predicted molar refractivity (Wildman–Crippen MR) is 63.3 cm³/mol. The number of hydrogen-bond donors (Lipinski definition) is 0. The summed E-state index contributed by atoms with van der Waals surface area (Å²) >= 11 is 1.65. The van der Waals surface area contributed by atoms with Gasteiger partial charge in [0.1, 0.15) is 5.75 Å². The first kappa shape index (κ1) is 11.9. The smallest absolute Gasteiger partial charge is 0.338 e. The van der Waals surface area contributed by atoms with Crippen molar-refractivity contribution in [2.45, 2.75) is 18.7 Å². The molecule has 0 heterocycles. The number of esters is 1. The molecule has 0 aromatic heterocycles. The largest absolute Gasteiger partial charge is 0.422 e. The average Bonchev–Trinajstić information content (AvgIpc) is 2.21. The zero-order valence-electron chi connectivity index (χ0n) is 8.95. The van der Waals surface area contributed by atoms with Crippen LogP contribution < -0.4 is 4.74 Å². The van der Waals surface area contributed by atoms with Crippen LogP contribution in [0.5, 0.6) is 5.75 Å². The molecule has 0 radical (unpaired) electrons. The minimum atomic E-state index is -0.376. The van der Waals surface area contributed by atoms with Crippen molar-refractivity contribution in [2.75, 3.05) is 5.75 Å². The topological polar surface area (TPSA) is 26.3 Å². The van der Waals surface area contributed by atoms with Gasteiger partial charge in [-0.3, -0.25) is 0 Å². The Balaban J connectivity index is 2.84. The van der Waals surface area contributed by atoms with Gasteiger partial charge < -0.3 is 4.74 Å². The maximum atomic E-state index is 11.3. The number of rotatable bonds is 4. The number of benzene rings is 1. The molecular weight excluding hydrogens is 208 g/mol. The van der Waals surface area contributed by atoms with E-state index >= 15 is 0 Å². The van der Waals surface area contributed by atoms with Gasteiger partial charge >= 0.3 is 5.97 Å². The van der Waals surface area contributed by atoms with E-state index in [-0.39, 0.29) is 5.97 Å². The molecule has 0 bridgehead atoms. The van der Waals surface area contributed by atoms with Crippen LogP contribution in [-0.4, -0.2) is 11.7 Å². The molecule has 0 amide bonds. The monoisotopic (exact) mass is 222 g/mol. The van der Waals surface area contributed by atoms with Gasteiger partial charge in [0.15, 0.2) is 0 Å². The van der Waals surface area contributed by atoms with Crippen LogP contribution in [0.2, 0.25) is 0 Å². The van der Waals surface area contributed by atoms with Crippen molar-refractivity contribution in [2.24, 2.45) is 0 Å². The molecular formula is C12H14O2S. The highest BCUT2D eigenvalue weighted by Gasteiger charge is 2.08. The molecule has 0 spiro atoms. The molecule has 1 aromatic carbocycles. The molecule has 0 aliphatic carbocycles. The van der Waals surface area contributed by atoms with E-state index in [1.807, 2.05) is 18.2 Å². The summed E-state index contributed by atoms with van der Waals surface area (Å²) in [6.45, 7) is 7.24. The minimum absolute atomic E-state index is 0.376. The van der Waals surface area contributed by atoms with Crippen molar-refractivity contribution in [1.82, 2.24) is 0 Å². The Morgan fingerprint density at radius 1 is 1.47 bits per heavy atom. The van der Waals surface area contributed by atoms with Gasteiger partial charge in [-0.1, -0.05) is 25.6 Å². The highest BCUT2D eigenvalue weighted by Crippen LogP contribution is 2.28. The van der Waals surface area contributed by atoms with Gasteiger partial charge in [-0.15, -0.1) is 11.8 Å². The second kappa shape index (κ2) is 5.61. The van der Waals surface area contributed by atoms with Gasteiger partial charge in [0.25, 0.3) is 0 Å². The summed E-state index contributed by atoms with van der Waals surface area (Å²) in [6, 6.07) is 7.50. The zero-order valence-corrected chi connectivity index (χ0v) is 9.76. The molecule has 0 aliphatic heterocycles. The molecule has 2 nitrogen and oxygen atoms in total. The van der Waals surface area contributed by atoms with Crippen LogP contribution >= 0.6 is 11.8 Å². The van der Waals surface area contributed by atoms with Gasteiger partial charge in [-0.05, 0) is 24.8 Å². The molecule has 0 saturated carbocycles. The molecule has 1 rings (SSSR count). The Morgan fingerprint density at radius 3 is 2.73 bits per heavy atom. The maximum absolute atomic E-state index is 11.3. The fourth-order valence-electron chi connectivity index (χ4n) is 0.996. The molecule has 0 saturated heterocycles. The van der Waals surface area contributed by atoms with Gasteiger partial charge in [0, 0.05) is 5.57 Å². The SMILES string of the molecule is C=C(C)C(=O)Oc1ccccc1SCC. The van der Waals surface area contributed by atoms with E-state index in [9.17, 15) is 4.79 Å². The molecule has 3 heteroatoms. The normalized spacial score (nSPS) is 9.73. The van der Waals surface area contributed by atoms with E-state index in [1.165, 1.54) is 0 Å². The summed E-state index contributed by atoms with van der Waals surface area (Å²) in [5.74, 6) is 1.18. The van der Waals surface area contributed by atoms with Crippen LogP contribution in [0.25, 0.3) is 0 Å². The molecule has 0 atom stereocenters. The third kappa shape index (κ3) is 3.44. The van der Waals surface area contributed by atoms with E-state index in [4.69, 9.17) is 4.74 Å². The summed E-state index contributed by atoms with van der Waals surface area (Å²) < 4.78 is 5.20. The molecule has 15 heavy (non-hydrogen) atoms. The van der Waals surface area contributed by atoms with Crippen molar-refractivity contribution >= 4 is 17.7 Å². The summed E-state index contributed by atoms with van der Waals surface area (Å²) in [5, 5.41) is 0. The molecule has 0 N–H and O–H groups in total. The third-order valence-corrected chi connectivity index (χ3v) is 2.64. The zero-order chi connectivity index (χ0) is 11.3. The molecule has 80 valence electrons. The van der Waals surface area contributed by atoms with E-state index in [2.05, 4.69) is 13.5 Å². The Morgan fingerprint density at radius 2 is 2.13 bits per heavy atom. The maximum Gasteiger partial charge on any atom is 0.338 e. The van der Waals surface area contributed by atoms with Gasteiger partial charge in [0.05, 0.1) is 4.90 Å². The van der Waals surface area contributed by atoms with Gasteiger partial charge in [-0.25, -0.2) is 4.79 Å². The fraction of sp³-hybridized carbons (Fsp3) is 0.250. The van der Waals surface area contributed by atoms with Crippen molar-refractivity contribution in [3.8, 4) is 5.75 Å². The Bertz CT molecular complexity index is 372. The fourth-order valence-corrected chi connectivity index (χ4v) is 1.73. The van der Waals surface area contributed by atoms with Crippen molar-refractivity contribution in [3.63, 3.8) is 0 Å². The Kier molecular flexibility index (Phi) is 4.43. The van der Waals surface area contributed by atoms with Crippen molar-refractivity contribution in [1.29, 1.82) is 0 Å². The van der Waals surface area contributed by atoms with E-state index < -0.39 is 0 Å². The third-order valence-electron chi connectivity index (χ3n) is 1.70. The Labute approximate surface area is 94.3 Å². The number of carbonyl (C=O) groups is 1. The van der Waals surface area contributed by atoms with Gasteiger partial charge in [-0.2, -0.15) is 0 Å². The number of hydrogen-bond acceptors (Lipinski definition) is 3. The molecule has 0 unspecified atom stereocenters. The minimum Gasteiger partial charge on any atom is -0.422 e. The lowest BCUT2D eigenvalue weighted by molar-refractivity contribution is -0.130. The summed E-state index contributed by atoms with van der Waals surface area (Å²) in [6.07, 6.45) is 0. The van der Waals surface area contributed by atoms with Crippen molar-refractivity contribution in [3.05, 3.63) is 36.4 Å². The summed E-state index contributed by atoms with van der Waals surface area (Å²) in [4.78, 5) is 12.3. The number of thioether (sulfide) groups is 1. The molecule has 0 aliphatic rings. The second-order valence-electron chi connectivity index (χ2n) is 3.05. The van der Waals surface area contributed by atoms with Crippen LogP contribution in [0, 0.1) is 0 Å². The van der Waals surface area contributed by atoms with Gasteiger partial charge in [0.2, 0.25) is 0 Å². The van der Waals surface area contributed by atoms with E-state index in [1.54, 1.807) is 24.8 Å². The predicted octanol–water partition coefficient (Wildman–Crippen LogP) is 3.28. The van der Waals surface area contributed by atoms with E-state index in [0.717, 1.165) is 10.6 Å². The Hall–Kier alpha value is -1.22. The first-order valence-electron chi connectivity index (χ1n) is 4.74. The standard InChI is InChI=1S/C12H14O2S/c1-4-15-11-8-6-5-7-10(11)14-12(13)9(2)3/h5-8H,2,4H2,1,3H3. The summed E-state index contributed by atoms with van der Waals surface area (Å²) in [7, 11) is 0. The lowest BCUT2D eigenvalue weighted by atomic mass is 10.3. The van der Waals surface area contributed by atoms with Crippen molar-refractivity contribution < 1.29 is 9.53 Å².